The molecule has 2 rings (SSSR count). The maximum absolute atomic E-state index is 13.8. The quantitative estimate of drug-likeness (QED) is 0.723. The van der Waals surface area contributed by atoms with Crippen molar-refractivity contribution in [2.24, 2.45) is 0 Å². The van der Waals surface area contributed by atoms with Crippen LogP contribution in [0.15, 0.2) is 29.4 Å². The minimum absolute atomic E-state index is 0.0711. The highest BCUT2D eigenvalue weighted by atomic mass is 35.5. The van der Waals surface area contributed by atoms with Gasteiger partial charge in [-0.05, 0) is 12.1 Å². The van der Waals surface area contributed by atoms with Crippen LogP contribution in [0.1, 0.15) is 5.82 Å². The zero-order chi connectivity index (χ0) is 14.8. The molecule has 1 heterocycles. The number of nitrogen functional groups attached to an aromatic ring is 1. The molecule has 0 aliphatic heterocycles. The number of nitrogens with two attached hydrogens (primary N) is 1. The first-order valence-corrected chi connectivity index (χ1v) is 7.48. The van der Waals surface area contributed by atoms with Gasteiger partial charge < -0.3 is 10.7 Å². The minimum atomic E-state index is -4.02. The Bertz CT molecular complexity index is 703. The first-order valence-electron chi connectivity index (χ1n) is 5.62. The van der Waals surface area contributed by atoms with Crippen LogP contribution in [0.25, 0.3) is 0 Å². The number of hydrogen-bond donors (Lipinski definition) is 3. The van der Waals surface area contributed by atoms with Crippen molar-refractivity contribution in [3.8, 4) is 0 Å². The van der Waals surface area contributed by atoms with E-state index in [1.165, 1.54) is 0 Å². The van der Waals surface area contributed by atoms with E-state index in [0.717, 1.165) is 12.1 Å². The second-order valence-corrected chi connectivity index (χ2v) is 6.14. The molecule has 108 valence electrons. The normalized spacial score (nSPS) is 11.7. The molecule has 0 radical (unpaired) electrons. The van der Waals surface area contributed by atoms with Crippen molar-refractivity contribution in [2.45, 2.75) is 11.3 Å². The summed E-state index contributed by atoms with van der Waals surface area (Å²) >= 11 is 5.58. The lowest BCUT2D eigenvalue weighted by Gasteiger charge is -2.09. The van der Waals surface area contributed by atoms with Gasteiger partial charge in [-0.15, -0.1) is 0 Å². The molecule has 6 nitrogen and oxygen atoms in total. The summed E-state index contributed by atoms with van der Waals surface area (Å²) in [6.07, 6.45) is 3.53. The Morgan fingerprint density at radius 1 is 1.45 bits per heavy atom. The molecule has 1 aromatic heterocycles. The number of aromatic amines is 1. The van der Waals surface area contributed by atoms with Crippen molar-refractivity contribution in [1.29, 1.82) is 0 Å². The van der Waals surface area contributed by atoms with Gasteiger partial charge in [-0.25, -0.2) is 22.5 Å². The van der Waals surface area contributed by atoms with E-state index in [2.05, 4.69) is 14.7 Å². The number of imidazole rings is 1. The highest BCUT2D eigenvalue weighted by molar-refractivity contribution is 7.89. The molecule has 0 amide bonds. The first kappa shape index (κ1) is 14.8. The van der Waals surface area contributed by atoms with E-state index in [1.807, 2.05) is 0 Å². The van der Waals surface area contributed by atoms with E-state index in [4.69, 9.17) is 17.3 Å². The number of aromatic nitrogens is 2. The largest absolute Gasteiger partial charge is 0.399 e. The standard InChI is InChI=1S/C11H12ClFN4O2S/c12-8-5-7(14)6-9(11(8)13)20(18,19)17-2-1-10-15-3-4-16-10/h3-6,17H,1-2,14H2,(H,15,16). The Morgan fingerprint density at radius 3 is 2.85 bits per heavy atom. The van der Waals surface area contributed by atoms with Gasteiger partial charge in [0.05, 0.1) is 5.02 Å². The average Bonchev–Trinajstić information content (AvgIpc) is 2.86. The van der Waals surface area contributed by atoms with Gasteiger partial charge in [0.2, 0.25) is 10.0 Å². The molecule has 0 unspecified atom stereocenters. The molecule has 20 heavy (non-hydrogen) atoms. The lowest BCUT2D eigenvalue weighted by Crippen LogP contribution is -2.27. The van der Waals surface area contributed by atoms with Crippen molar-refractivity contribution < 1.29 is 12.8 Å². The van der Waals surface area contributed by atoms with Crippen LogP contribution < -0.4 is 10.5 Å². The van der Waals surface area contributed by atoms with E-state index in [9.17, 15) is 12.8 Å². The zero-order valence-electron chi connectivity index (χ0n) is 10.2. The van der Waals surface area contributed by atoms with E-state index >= 15 is 0 Å². The summed E-state index contributed by atoms with van der Waals surface area (Å²) in [4.78, 5) is 6.21. The molecular formula is C11H12ClFN4O2S. The van der Waals surface area contributed by atoms with Crippen LogP contribution >= 0.6 is 11.6 Å². The third kappa shape index (κ3) is 3.27. The molecule has 0 saturated heterocycles. The van der Waals surface area contributed by atoms with Gasteiger partial charge in [0.1, 0.15) is 10.7 Å². The molecule has 9 heteroatoms. The van der Waals surface area contributed by atoms with Gasteiger partial charge in [0.25, 0.3) is 0 Å². The minimum Gasteiger partial charge on any atom is -0.399 e. The van der Waals surface area contributed by atoms with Gasteiger partial charge in [0.15, 0.2) is 5.82 Å². The smallest absolute Gasteiger partial charge is 0.243 e. The molecule has 4 N–H and O–H groups in total. The third-order valence-electron chi connectivity index (χ3n) is 2.52. The predicted octanol–water partition coefficient (Wildman–Crippen LogP) is 1.31. The third-order valence-corrected chi connectivity index (χ3v) is 4.25. The van der Waals surface area contributed by atoms with E-state index in [-0.39, 0.29) is 17.3 Å². The highest BCUT2D eigenvalue weighted by Crippen LogP contribution is 2.25. The maximum Gasteiger partial charge on any atom is 0.243 e. The number of halogens is 2. The van der Waals surface area contributed by atoms with Crippen LogP contribution in [-0.2, 0) is 16.4 Å². The molecule has 1 aromatic carbocycles. The Hall–Kier alpha value is -1.64. The van der Waals surface area contributed by atoms with Crippen molar-refractivity contribution in [3.63, 3.8) is 0 Å². The van der Waals surface area contributed by atoms with Crippen LogP contribution in [0.2, 0.25) is 5.02 Å². The lowest BCUT2D eigenvalue weighted by molar-refractivity contribution is 0.557. The SMILES string of the molecule is Nc1cc(Cl)c(F)c(S(=O)(=O)NCCc2ncc[nH]2)c1. The van der Waals surface area contributed by atoms with Crippen molar-refractivity contribution in [1.82, 2.24) is 14.7 Å². The van der Waals surface area contributed by atoms with Crippen LogP contribution in [-0.4, -0.2) is 24.9 Å². The first-order chi connectivity index (χ1) is 9.40. The number of nitrogens with zero attached hydrogens (tertiary/aromatic N) is 1. The number of benzene rings is 1. The molecule has 0 spiro atoms. The van der Waals surface area contributed by atoms with Crippen molar-refractivity contribution in [3.05, 3.63) is 41.2 Å². The number of nitrogens with one attached hydrogen (secondary N) is 2. The molecule has 0 saturated carbocycles. The van der Waals surface area contributed by atoms with E-state index in [1.54, 1.807) is 12.4 Å². The number of anilines is 1. The summed E-state index contributed by atoms with van der Waals surface area (Å²) in [6.45, 7) is 0.0711. The summed E-state index contributed by atoms with van der Waals surface area (Å²) in [5.41, 5.74) is 5.54. The summed E-state index contributed by atoms with van der Waals surface area (Å²) in [7, 11) is -4.02. The van der Waals surface area contributed by atoms with Gasteiger partial charge in [0, 0.05) is 31.0 Å². The molecule has 0 aliphatic rings. The van der Waals surface area contributed by atoms with Crippen LogP contribution in [0, 0.1) is 5.82 Å². The summed E-state index contributed by atoms with van der Waals surface area (Å²) in [6, 6.07) is 2.18. The van der Waals surface area contributed by atoms with Gasteiger partial charge in [-0.3, -0.25) is 0 Å². The summed E-state index contributed by atoms with van der Waals surface area (Å²) in [5.74, 6) is -0.398. The number of hydrogen-bond acceptors (Lipinski definition) is 4. The Labute approximate surface area is 120 Å². The number of rotatable bonds is 5. The summed E-state index contributed by atoms with van der Waals surface area (Å²) in [5, 5.41) is -0.337. The Morgan fingerprint density at radius 2 is 2.20 bits per heavy atom. The zero-order valence-corrected chi connectivity index (χ0v) is 11.8. The topological polar surface area (TPSA) is 101 Å². The Kier molecular flexibility index (Phi) is 4.26. The highest BCUT2D eigenvalue weighted by Gasteiger charge is 2.21. The second kappa shape index (κ2) is 5.78. The molecule has 0 aliphatic carbocycles. The molecule has 0 fully saturated rings. The fourth-order valence-corrected chi connectivity index (χ4v) is 3.04. The monoisotopic (exact) mass is 318 g/mol. The van der Waals surface area contributed by atoms with Crippen molar-refractivity contribution >= 4 is 27.3 Å². The van der Waals surface area contributed by atoms with Gasteiger partial charge >= 0.3 is 0 Å². The van der Waals surface area contributed by atoms with Crippen LogP contribution in [0.4, 0.5) is 10.1 Å². The fourth-order valence-electron chi connectivity index (χ4n) is 1.60. The molecular weight excluding hydrogens is 307 g/mol. The fraction of sp³-hybridized carbons (Fsp3) is 0.182. The number of H-pyrrole nitrogens is 1. The molecule has 2 aromatic rings. The maximum atomic E-state index is 13.8. The Balaban J connectivity index is 2.14. The lowest BCUT2D eigenvalue weighted by atomic mass is 10.3. The predicted molar refractivity (Wildman–Crippen MR) is 73.3 cm³/mol. The van der Waals surface area contributed by atoms with E-state index < -0.39 is 20.7 Å². The molecule has 0 bridgehead atoms. The van der Waals surface area contributed by atoms with E-state index in [0.29, 0.717) is 12.2 Å². The van der Waals surface area contributed by atoms with Crippen molar-refractivity contribution in [2.75, 3.05) is 12.3 Å². The van der Waals surface area contributed by atoms with Crippen LogP contribution in [0.3, 0.4) is 0 Å². The molecule has 0 atom stereocenters. The number of sulfonamides is 1. The van der Waals surface area contributed by atoms with Gasteiger partial charge in [-0.1, -0.05) is 11.6 Å². The van der Waals surface area contributed by atoms with Gasteiger partial charge in [-0.2, -0.15) is 0 Å². The van der Waals surface area contributed by atoms with Crippen LogP contribution in [0.5, 0.6) is 0 Å². The summed E-state index contributed by atoms with van der Waals surface area (Å²) < 4.78 is 40.0. The average molecular weight is 319 g/mol. The second-order valence-electron chi connectivity index (χ2n) is 4.00.